The zero-order chi connectivity index (χ0) is 15.8. The molecule has 5 nitrogen and oxygen atoms in total. The molecule has 1 N–H and O–H groups in total. The third-order valence-electron chi connectivity index (χ3n) is 5.55. The van der Waals surface area contributed by atoms with Crippen LogP contribution >= 0.6 is 0 Å². The largest absolute Gasteiger partial charge is 0.336 e. The number of para-hydroxylation sites is 1. The van der Waals surface area contributed by atoms with E-state index >= 15 is 0 Å². The molecule has 0 aromatic heterocycles. The fraction of sp³-hybridized carbons (Fsp3) is 0.556. The van der Waals surface area contributed by atoms with Crippen LogP contribution in [0.2, 0.25) is 0 Å². The van der Waals surface area contributed by atoms with Crippen LogP contribution in [0.1, 0.15) is 24.8 Å². The molecule has 0 radical (unpaired) electrons. The lowest BCUT2D eigenvalue weighted by Gasteiger charge is -2.21. The standard InChI is InChI=1S/C18H23N3O2/c22-17-10-13-4-1-2-7-16(13)21(17)9-8-19-18(23)20-11-14-5-3-6-15(14)12-20/h1-2,4,7,14-15H,3,5-6,8-12H2,(H,19,23). The number of likely N-dealkylation sites (tertiary alicyclic amines) is 1. The summed E-state index contributed by atoms with van der Waals surface area (Å²) in [7, 11) is 0. The third-order valence-corrected chi connectivity index (χ3v) is 5.55. The van der Waals surface area contributed by atoms with Gasteiger partial charge in [0.25, 0.3) is 0 Å². The normalized spacial score (nSPS) is 25.7. The second-order valence-corrected chi connectivity index (χ2v) is 6.94. The van der Waals surface area contributed by atoms with Crippen molar-refractivity contribution in [2.45, 2.75) is 25.7 Å². The molecular weight excluding hydrogens is 290 g/mol. The van der Waals surface area contributed by atoms with Crippen molar-refractivity contribution < 1.29 is 9.59 Å². The van der Waals surface area contributed by atoms with E-state index in [1.165, 1.54) is 19.3 Å². The van der Waals surface area contributed by atoms with Crippen molar-refractivity contribution in [3.63, 3.8) is 0 Å². The number of anilines is 1. The van der Waals surface area contributed by atoms with Crippen LogP contribution in [-0.2, 0) is 11.2 Å². The van der Waals surface area contributed by atoms with E-state index in [0.29, 0.717) is 31.3 Å². The molecule has 4 rings (SSSR count). The second-order valence-electron chi connectivity index (χ2n) is 6.94. The molecule has 3 amide bonds. The molecule has 23 heavy (non-hydrogen) atoms. The topological polar surface area (TPSA) is 52.7 Å². The number of carbonyl (C=O) groups is 2. The fourth-order valence-corrected chi connectivity index (χ4v) is 4.35. The van der Waals surface area contributed by atoms with Crippen molar-refractivity contribution in [1.29, 1.82) is 0 Å². The van der Waals surface area contributed by atoms with E-state index in [4.69, 9.17) is 0 Å². The predicted octanol–water partition coefficient (Wildman–Crippen LogP) is 2.02. The Kier molecular flexibility index (Phi) is 3.71. The minimum Gasteiger partial charge on any atom is -0.336 e. The van der Waals surface area contributed by atoms with E-state index < -0.39 is 0 Å². The number of rotatable bonds is 3. The maximum Gasteiger partial charge on any atom is 0.317 e. The highest BCUT2D eigenvalue weighted by Gasteiger charge is 2.38. The first kappa shape index (κ1) is 14.5. The fourth-order valence-electron chi connectivity index (χ4n) is 4.35. The Bertz CT molecular complexity index is 618. The van der Waals surface area contributed by atoms with E-state index in [-0.39, 0.29) is 11.9 Å². The van der Waals surface area contributed by atoms with Crippen molar-refractivity contribution >= 4 is 17.6 Å². The number of nitrogens with zero attached hydrogens (tertiary/aromatic N) is 2. The Hall–Kier alpha value is -2.04. The highest BCUT2D eigenvalue weighted by molar-refractivity contribution is 6.01. The average Bonchev–Trinajstić information content (AvgIpc) is 3.20. The molecule has 1 saturated carbocycles. The Balaban J connectivity index is 1.29. The van der Waals surface area contributed by atoms with Crippen LogP contribution < -0.4 is 10.2 Å². The van der Waals surface area contributed by atoms with Gasteiger partial charge in [-0.15, -0.1) is 0 Å². The number of amides is 3. The summed E-state index contributed by atoms with van der Waals surface area (Å²) in [4.78, 5) is 28.1. The van der Waals surface area contributed by atoms with Gasteiger partial charge in [-0.25, -0.2) is 4.79 Å². The van der Waals surface area contributed by atoms with Gasteiger partial charge in [0, 0.05) is 31.9 Å². The minimum atomic E-state index is 0.0272. The predicted molar refractivity (Wildman–Crippen MR) is 88.3 cm³/mol. The molecule has 1 saturated heterocycles. The van der Waals surface area contributed by atoms with Gasteiger partial charge < -0.3 is 15.1 Å². The third kappa shape index (κ3) is 2.69. The first-order chi connectivity index (χ1) is 11.2. The molecule has 0 bridgehead atoms. The van der Waals surface area contributed by atoms with Crippen molar-refractivity contribution in [3.8, 4) is 0 Å². The number of fused-ring (bicyclic) bond motifs is 2. The Morgan fingerprint density at radius 3 is 2.70 bits per heavy atom. The number of urea groups is 1. The van der Waals surface area contributed by atoms with Crippen LogP contribution in [0.25, 0.3) is 0 Å². The van der Waals surface area contributed by atoms with Gasteiger partial charge in [-0.3, -0.25) is 4.79 Å². The van der Waals surface area contributed by atoms with Gasteiger partial charge in [0.1, 0.15) is 0 Å². The maximum atomic E-state index is 12.3. The number of hydrogen-bond acceptors (Lipinski definition) is 2. The molecule has 2 fully saturated rings. The maximum absolute atomic E-state index is 12.3. The molecule has 2 atom stereocenters. The van der Waals surface area contributed by atoms with E-state index in [0.717, 1.165) is 24.3 Å². The lowest BCUT2D eigenvalue weighted by Crippen LogP contribution is -2.43. The summed E-state index contributed by atoms with van der Waals surface area (Å²) in [5.74, 6) is 1.55. The van der Waals surface area contributed by atoms with Crippen LogP contribution in [-0.4, -0.2) is 43.0 Å². The molecule has 1 aromatic rings. The molecule has 122 valence electrons. The first-order valence-electron chi connectivity index (χ1n) is 8.63. The average molecular weight is 313 g/mol. The van der Waals surface area contributed by atoms with Gasteiger partial charge >= 0.3 is 6.03 Å². The summed E-state index contributed by atoms with van der Waals surface area (Å²) in [6.45, 7) is 2.86. The van der Waals surface area contributed by atoms with Crippen molar-refractivity contribution in [2.24, 2.45) is 11.8 Å². The Morgan fingerprint density at radius 2 is 1.91 bits per heavy atom. The smallest absolute Gasteiger partial charge is 0.317 e. The van der Waals surface area contributed by atoms with Gasteiger partial charge in [0.15, 0.2) is 0 Å². The summed E-state index contributed by atoms with van der Waals surface area (Å²) in [5, 5.41) is 2.99. The SMILES string of the molecule is O=C(NCCN1C(=O)Cc2ccccc21)N1CC2CCCC2C1. The zero-order valence-corrected chi connectivity index (χ0v) is 13.3. The molecule has 2 heterocycles. The lowest BCUT2D eigenvalue weighted by atomic mass is 10.0. The van der Waals surface area contributed by atoms with Gasteiger partial charge in [0.2, 0.25) is 5.91 Å². The van der Waals surface area contributed by atoms with Crippen molar-refractivity contribution in [2.75, 3.05) is 31.1 Å². The van der Waals surface area contributed by atoms with E-state index in [2.05, 4.69) is 5.32 Å². The molecular formula is C18H23N3O2. The zero-order valence-electron chi connectivity index (χ0n) is 13.3. The van der Waals surface area contributed by atoms with Gasteiger partial charge in [-0.05, 0) is 36.3 Å². The van der Waals surface area contributed by atoms with E-state index in [1.54, 1.807) is 4.90 Å². The van der Waals surface area contributed by atoms with Crippen molar-refractivity contribution in [1.82, 2.24) is 10.2 Å². The van der Waals surface area contributed by atoms with Gasteiger partial charge in [-0.2, -0.15) is 0 Å². The van der Waals surface area contributed by atoms with E-state index in [9.17, 15) is 9.59 Å². The van der Waals surface area contributed by atoms with E-state index in [1.807, 2.05) is 29.2 Å². The summed E-state index contributed by atoms with van der Waals surface area (Å²) >= 11 is 0. The lowest BCUT2D eigenvalue weighted by molar-refractivity contribution is -0.117. The molecule has 1 aromatic carbocycles. The van der Waals surface area contributed by atoms with Gasteiger partial charge in [0.05, 0.1) is 6.42 Å². The monoisotopic (exact) mass is 313 g/mol. The second kappa shape index (κ2) is 5.87. The quantitative estimate of drug-likeness (QED) is 0.928. The Labute approximate surface area is 136 Å². The number of nitrogens with one attached hydrogen (secondary N) is 1. The van der Waals surface area contributed by atoms with Crippen LogP contribution in [0.4, 0.5) is 10.5 Å². The van der Waals surface area contributed by atoms with Crippen LogP contribution in [0.5, 0.6) is 0 Å². The highest BCUT2D eigenvalue weighted by Crippen LogP contribution is 2.37. The molecule has 1 aliphatic carbocycles. The molecule has 3 aliphatic rings. The summed E-state index contributed by atoms with van der Waals surface area (Å²) < 4.78 is 0. The van der Waals surface area contributed by atoms with Crippen LogP contribution in [0.15, 0.2) is 24.3 Å². The molecule has 0 spiro atoms. The minimum absolute atomic E-state index is 0.0272. The number of hydrogen-bond donors (Lipinski definition) is 1. The van der Waals surface area contributed by atoms with Crippen LogP contribution in [0, 0.1) is 11.8 Å². The Morgan fingerprint density at radius 1 is 1.17 bits per heavy atom. The number of benzene rings is 1. The molecule has 2 aliphatic heterocycles. The summed E-state index contributed by atoms with van der Waals surface area (Å²) in [5.41, 5.74) is 2.07. The number of carbonyl (C=O) groups excluding carboxylic acids is 2. The first-order valence-corrected chi connectivity index (χ1v) is 8.63. The highest BCUT2D eigenvalue weighted by atomic mass is 16.2. The molecule has 5 heteroatoms. The van der Waals surface area contributed by atoms with Crippen LogP contribution in [0.3, 0.4) is 0 Å². The molecule has 2 unspecified atom stereocenters. The van der Waals surface area contributed by atoms with Crippen molar-refractivity contribution in [3.05, 3.63) is 29.8 Å². The summed E-state index contributed by atoms with van der Waals surface area (Å²) in [6.07, 6.45) is 4.34. The van der Waals surface area contributed by atoms with Gasteiger partial charge in [-0.1, -0.05) is 24.6 Å². The summed E-state index contributed by atoms with van der Waals surface area (Å²) in [6, 6.07) is 7.91.